The van der Waals surface area contributed by atoms with Crippen molar-refractivity contribution < 1.29 is 9.59 Å². The van der Waals surface area contributed by atoms with Crippen LogP contribution in [0.25, 0.3) is 10.9 Å². The summed E-state index contributed by atoms with van der Waals surface area (Å²) in [5, 5.41) is 6.87. The highest BCUT2D eigenvalue weighted by Crippen LogP contribution is 2.40. The van der Waals surface area contributed by atoms with Crippen molar-refractivity contribution >= 4 is 40.0 Å². The van der Waals surface area contributed by atoms with Crippen molar-refractivity contribution in [3.63, 3.8) is 0 Å². The quantitative estimate of drug-likeness (QED) is 0.673. The van der Waals surface area contributed by atoms with Crippen molar-refractivity contribution in [3.8, 4) is 0 Å². The molecule has 0 spiro atoms. The van der Waals surface area contributed by atoms with E-state index in [2.05, 4.69) is 15.6 Å². The van der Waals surface area contributed by atoms with Crippen molar-refractivity contribution in [1.29, 1.82) is 0 Å². The third-order valence-electron chi connectivity index (χ3n) is 4.93. The molecule has 0 bridgehead atoms. The maximum absolute atomic E-state index is 12.8. The van der Waals surface area contributed by atoms with Crippen LogP contribution in [0, 0.1) is 6.92 Å². The Balaban J connectivity index is 1.49. The Morgan fingerprint density at radius 2 is 1.93 bits per heavy atom. The second-order valence-electron chi connectivity index (χ2n) is 7.03. The van der Waals surface area contributed by atoms with Gasteiger partial charge in [0, 0.05) is 27.7 Å². The number of carbonyl (C=O) groups excluding carboxylic acids is 2. The molecule has 6 heteroatoms. The number of hydrogen-bond acceptors (Lipinski definition) is 3. The van der Waals surface area contributed by atoms with Gasteiger partial charge in [-0.2, -0.15) is 0 Å². The average molecular weight is 394 g/mol. The molecule has 0 radical (unpaired) electrons. The molecule has 1 saturated carbocycles. The topological polar surface area (TPSA) is 71.1 Å². The first kappa shape index (κ1) is 18.4. The predicted molar refractivity (Wildman–Crippen MR) is 111 cm³/mol. The lowest BCUT2D eigenvalue weighted by molar-refractivity contribution is -0.115. The summed E-state index contributed by atoms with van der Waals surface area (Å²) in [7, 11) is 0. The lowest BCUT2D eigenvalue weighted by Gasteiger charge is -2.12. The zero-order chi connectivity index (χ0) is 19.7. The SMILES string of the molecule is Cc1c(Cl)cccc1NC(=O)CNC(=O)c1cc(C2CC2)nc2ccccc12. The molecule has 0 atom stereocenters. The summed E-state index contributed by atoms with van der Waals surface area (Å²) >= 11 is 6.08. The molecule has 3 aromatic rings. The van der Waals surface area contributed by atoms with Crippen molar-refractivity contribution in [2.45, 2.75) is 25.7 Å². The van der Waals surface area contributed by atoms with E-state index >= 15 is 0 Å². The molecule has 1 aromatic heterocycles. The Morgan fingerprint density at radius 1 is 1.14 bits per heavy atom. The molecule has 2 N–H and O–H groups in total. The second-order valence-corrected chi connectivity index (χ2v) is 7.44. The number of para-hydroxylation sites is 1. The first-order chi connectivity index (χ1) is 13.5. The number of aromatic nitrogens is 1. The van der Waals surface area contributed by atoms with E-state index < -0.39 is 0 Å². The minimum absolute atomic E-state index is 0.125. The van der Waals surface area contributed by atoms with Crippen molar-refractivity contribution in [2.24, 2.45) is 0 Å². The highest BCUT2D eigenvalue weighted by molar-refractivity contribution is 6.31. The Bertz CT molecular complexity index is 1080. The number of benzene rings is 2. The number of halogens is 1. The van der Waals surface area contributed by atoms with Crippen LogP contribution in [0.15, 0.2) is 48.5 Å². The number of nitrogens with one attached hydrogen (secondary N) is 2. The van der Waals surface area contributed by atoms with Crippen molar-refractivity contribution in [1.82, 2.24) is 10.3 Å². The van der Waals surface area contributed by atoms with Gasteiger partial charge in [0.25, 0.3) is 5.91 Å². The van der Waals surface area contributed by atoms with Gasteiger partial charge < -0.3 is 10.6 Å². The van der Waals surface area contributed by atoms with E-state index in [0.717, 1.165) is 35.0 Å². The van der Waals surface area contributed by atoms with Gasteiger partial charge in [-0.25, -0.2) is 0 Å². The van der Waals surface area contributed by atoms with E-state index in [1.54, 1.807) is 18.2 Å². The molecular weight excluding hydrogens is 374 g/mol. The van der Waals surface area contributed by atoms with Crippen LogP contribution in [-0.4, -0.2) is 23.3 Å². The van der Waals surface area contributed by atoms with Crippen LogP contribution in [0.3, 0.4) is 0 Å². The van der Waals surface area contributed by atoms with Crippen molar-refractivity contribution in [3.05, 3.63) is 70.4 Å². The van der Waals surface area contributed by atoms with E-state index in [-0.39, 0.29) is 18.4 Å². The monoisotopic (exact) mass is 393 g/mol. The normalized spacial score (nSPS) is 13.4. The summed E-state index contributed by atoms with van der Waals surface area (Å²) < 4.78 is 0. The van der Waals surface area contributed by atoms with Gasteiger partial charge in [-0.05, 0) is 49.6 Å². The van der Waals surface area contributed by atoms with Gasteiger partial charge in [0.2, 0.25) is 5.91 Å². The van der Waals surface area contributed by atoms with Crippen molar-refractivity contribution in [2.75, 3.05) is 11.9 Å². The van der Waals surface area contributed by atoms with Gasteiger partial charge in [-0.1, -0.05) is 35.9 Å². The minimum Gasteiger partial charge on any atom is -0.343 e. The van der Waals surface area contributed by atoms with E-state index in [1.807, 2.05) is 37.3 Å². The maximum atomic E-state index is 12.8. The molecule has 2 aromatic carbocycles. The van der Waals surface area contributed by atoms with E-state index in [9.17, 15) is 9.59 Å². The van der Waals surface area contributed by atoms with E-state index in [1.165, 1.54) is 0 Å². The van der Waals surface area contributed by atoms with Crippen LogP contribution in [0.2, 0.25) is 5.02 Å². The smallest absolute Gasteiger partial charge is 0.252 e. The van der Waals surface area contributed by atoms with Gasteiger partial charge >= 0.3 is 0 Å². The molecule has 0 aliphatic heterocycles. The molecule has 1 fully saturated rings. The molecule has 1 heterocycles. The fraction of sp³-hybridized carbons (Fsp3) is 0.227. The third kappa shape index (κ3) is 3.85. The Kier molecular flexibility index (Phi) is 5.01. The Morgan fingerprint density at radius 3 is 2.71 bits per heavy atom. The summed E-state index contributed by atoms with van der Waals surface area (Å²) in [5.41, 5.74) is 3.73. The standard InChI is InChI=1S/C22H20ClN3O2/c1-13-17(23)6-4-8-18(13)26-21(27)12-24-22(28)16-11-20(14-9-10-14)25-19-7-3-2-5-15(16)19/h2-8,11,14H,9-10,12H2,1H3,(H,24,28)(H,26,27). The van der Waals surface area contributed by atoms with Gasteiger partial charge in [0.15, 0.2) is 0 Å². The zero-order valence-corrected chi connectivity index (χ0v) is 16.2. The fourth-order valence-electron chi connectivity index (χ4n) is 3.17. The van der Waals surface area contributed by atoms with Crippen LogP contribution in [-0.2, 0) is 4.79 Å². The highest BCUT2D eigenvalue weighted by atomic mass is 35.5. The summed E-state index contributed by atoms with van der Waals surface area (Å²) in [6, 6.07) is 14.7. The Hall–Kier alpha value is -2.92. The number of hydrogen-bond donors (Lipinski definition) is 2. The largest absolute Gasteiger partial charge is 0.343 e. The van der Waals surface area contributed by atoms with Gasteiger partial charge in [0.1, 0.15) is 0 Å². The summed E-state index contributed by atoms with van der Waals surface area (Å²) in [5.74, 6) is -0.150. The molecule has 1 aliphatic carbocycles. The number of anilines is 1. The first-order valence-electron chi connectivity index (χ1n) is 9.26. The maximum Gasteiger partial charge on any atom is 0.252 e. The lowest BCUT2D eigenvalue weighted by Crippen LogP contribution is -2.33. The molecule has 28 heavy (non-hydrogen) atoms. The number of fused-ring (bicyclic) bond motifs is 1. The summed E-state index contributed by atoms with van der Waals surface area (Å²) in [6.45, 7) is 1.71. The molecular formula is C22H20ClN3O2. The molecule has 1 aliphatic rings. The molecule has 4 rings (SSSR count). The summed E-state index contributed by atoms with van der Waals surface area (Å²) in [6.07, 6.45) is 2.21. The number of carbonyl (C=O) groups is 2. The predicted octanol–water partition coefficient (Wildman–Crippen LogP) is 4.44. The highest BCUT2D eigenvalue weighted by Gasteiger charge is 2.27. The first-order valence-corrected chi connectivity index (χ1v) is 9.63. The number of nitrogens with zero attached hydrogens (tertiary/aromatic N) is 1. The second kappa shape index (κ2) is 7.60. The molecule has 0 unspecified atom stereocenters. The Labute approximate surface area is 168 Å². The van der Waals surface area contributed by atoms with Gasteiger partial charge in [-0.15, -0.1) is 0 Å². The van der Waals surface area contributed by atoms with E-state index in [4.69, 9.17) is 11.6 Å². The van der Waals surface area contributed by atoms with Crippen LogP contribution < -0.4 is 10.6 Å². The molecule has 2 amide bonds. The summed E-state index contributed by atoms with van der Waals surface area (Å²) in [4.78, 5) is 29.7. The van der Waals surface area contributed by atoms with Crippen LogP contribution in [0.4, 0.5) is 5.69 Å². The third-order valence-corrected chi connectivity index (χ3v) is 5.34. The average Bonchev–Trinajstić information content (AvgIpc) is 3.54. The van der Waals surface area contributed by atoms with Crippen LogP contribution >= 0.6 is 11.6 Å². The zero-order valence-electron chi connectivity index (χ0n) is 15.5. The minimum atomic E-state index is -0.306. The van der Waals surface area contributed by atoms with Gasteiger partial charge in [-0.3, -0.25) is 14.6 Å². The van der Waals surface area contributed by atoms with Crippen LogP contribution in [0.5, 0.6) is 0 Å². The molecule has 0 saturated heterocycles. The number of rotatable bonds is 5. The number of pyridine rings is 1. The van der Waals surface area contributed by atoms with Crippen LogP contribution in [0.1, 0.15) is 40.4 Å². The van der Waals surface area contributed by atoms with Gasteiger partial charge in [0.05, 0.1) is 17.6 Å². The fourth-order valence-corrected chi connectivity index (χ4v) is 3.34. The van der Waals surface area contributed by atoms with E-state index in [0.29, 0.717) is 22.2 Å². The molecule has 142 valence electrons. The lowest BCUT2D eigenvalue weighted by atomic mass is 10.1. The number of amides is 2. The molecule has 5 nitrogen and oxygen atoms in total.